The second-order valence-corrected chi connectivity index (χ2v) is 4.40. The van der Waals surface area contributed by atoms with Gasteiger partial charge in [0.2, 0.25) is 0 Å². The topological polar surface area (TPSA) is 56.8 Å². The van der Waals surface area contributed by atoms with Gasteiger partial charge in [0.1, 0.15) is 29.2 Å². The SMILES string of the molecule is CCCc1ccc(Oc2cccc(C#N)c2C#N)cc1. The standard InChI is InChI=1S/C17H14N2O/c1-2-4-13-7-9-15(10-8-13)20-17-6-3-5-14(11-18)16(17)12-19/h3,5-10H,2,4H2,1H3. The normalized spacial score (nSPS) is 9.55. The summed E-state index contributed by atoms with van der Waals surface area (Å²) in [5.74, 6) is 1.08. The van der Waals surface area contributed by atoms with Crippen molar-refractivity contribution < 1.29 is 4.74 Å². The van der Waals surface area contributed by atoms with Gasteiger partial charge in [0.15, 0.2) is 0 Å². The quantitative estimate of drug-likeness (QED) is 0.830. The van der Waals surface area contributed by atoms with Crippen molar-refractivity contribution in [2.75, 3.05) is 0 Å². The maximum atomic E-state index is 9.14. The number of hydrogen-bond donors (Lipinski definition) is 0. The Morgan fingerprint density at radius 1 is 1.00 bits per heavy atom. The van der Waals surface area contributed by atoms with Crippen molar-refractivity contribution in [1.82, 2.24) is 0 Å². The first-order valence-electron chi connectivity index (χ1n) is 6.48. The molecule has 0 saturated heterocycles. The lowest BCUT2D eigenvalue weighted by Crippen LogP contribution is -1.92. The average molecular weight is 262 g/mol. The van der Waals surface area contributed by atoms with Crippen molar-refractivity contribution in [3.8, 4) is 23.6 Å². The second kappa shape index (κ2) is 6.41. The van der Waals surface area contributed by atoms with E-state index >= 15 is 0 Å². The molecular weight excluding hydrogens is 248 g/mol. The molecule has 0 aromatic heterocycles. The molecule has 0 amide bonds. The van der Waals surface area contributed by atoms with Crippen LogP contribution < -0.4 is 4.74 Å². The lowest BCUT2D eigenvalue weighted by molar-refractivity contribution is 0.480. The molecule has 0 aliphatic heterocycles. The predicted molar refractivity (Wildman–Crippen MR) is 76.4 cm³/mol. The number of aryl methyl sites for hydroxylation is 1. The van der Waals surface area contributed by atoms with E-state index in [9.17, 15) is 0 Å². The molecule has 0 radical (unpaired) electrons. The van der Waals surface area contributed by atoms with Crippen molar-refractivity contribution in [1.29, 1.82) is 10.5 Å². The van der Waals surface area contributed by atoms with Crippen LogP contribution in [0.1, 0.15) is 30.0 Å². The van der Waals surface area contributed by atoms with Gasteiger partial charge in [-0.15, -0.1) is 0 Å². The first kappa shape index (κ1) is 13.6. The van der Waals surface area contributed by atoms with Gasteiger partial charge < -0.3 is 4.74 Å². The van der Waals surface area contributed by atoms with Crippen LogP contribution in [0.2, 0.25) is 0 Å². The average Bonchev–Trinajstić information content (AvgIpc) is 2.49. The third-order valence-electron chi connectivity index (χ3n) is 2.95. The summed E-state index contributed by atoms with van der Waals surface area (Å²) in [4.78, 5) is 0. The number of hydrogen-bond acceptors (Lipinski definition) is 3. The van der Waals surface area contributed by atoms with Gasteiger partial charge in [-0.25, -0.2) is 0 Å². The highest BCUT2D eigenvalue weighted by Gasteiger charge is 2.09. The van der Waals surface area contributed by atoms with Crippen LogP contribution in [-0.2, 0) is 6.42 Å². The minimum atomic E-state index is 0.271. The lowest BCUT2D eigenvalue weighted by atomic mass is 10.1. The van der Waals surface area contributed by atoms with Crippen molar-refractivity contribution in [3.05, 3.63) is 59.2 Å². The van der Waals surface area contributed by atoms with Gasteiger partial charge in [-0.1, -0.05) is 31.5 Å². The molecule has 3 heteroatoms. The zero-order chi connectivity index (χ0) is 14.4. The summed E-state index contributed by atoms with van der Waals surface area (Å²) in [6.07, 6.45) is 2.14. The minimum absolute atomic E-state index is 0.271. The Morgan fingerprint density at radius 3 is 2.35 bits per heavy atom. The van der Waals surface area contributed by atoms with Crippen molar-refractivity contribution in [2.45, 2.75) is 19.8 Å². The highest BCUT2D eigenvalue weighted by molar-refractivity contribution is 5.55. The van der Waals surface area contributed by atoms with Crippen molar-refractivity contribution in [3.63, 3.8) is 0 Å². The van der Waals surface area contributed by atoms with Crippen molar-refractivity contribution in [2.24, 2.45) is 0 Å². The summed E-state index contributed by atoms with van der Waals surface area (Å²) >= 11 is 0. The Hall–Kier alpha value is -2.78. The van der Waals surface area contributed by atoms with Crippen LogP contribution in [0, 0.1) is 22.7 Å². The zero-order valence-electron chi connectivity index (χ0n) is 11.3. The Morgan fingerprint density at radius 2 is 1.75 bits per heavy atom. The van der Waals surface area contributed by atoms with Gasteiger partial charge in [-0.05, 0) is 36.2 Å². The predicted octanol–water partition coefficient (Wildman–Crippen LogP) is 4.17. The molecule has 0 heterocycles. The summed E-state index contributed by atoms with van der Waals surface area (Å²) < 4.78 is 5.70. The number of ether oxygens (including phenoxy) is 1. The van der Waals surface area contributed by atoms with E-state index in [1.807, 2.05) is 36.4 Å². The van der Waals surface area contributed by atoms with Crippen LogP contribution >= 0.6 is 0 Å². The van der Waals surface area contributed by atoms with E-state index in [0.29, 0.717) is 17.1 Å². The van der Waals surface area contributed by atoms with E-state index in [2.05, 4.69) is 6.92 Å². The molecule has 2 aromatic rings. The van der Waals surface area contributed by atoms with Crippen molar-refractivity contribution >= 4 is 0 Å². The number of nitriles is 2. The molecule has 2 aromatic carbocycles. The zero-order valence-corrected chi connectivity index (χ0v) is 11.3. The van der Waals surface area contributed by atoms with Gasteiger partial charge in [-0.2, -0.15) is 10.5 Å². The van der Waals surface area contributed by atoms with Crippen LogP contribution in [0.5, 0.6) is 11.5 Å². The summed E-state index contributed by atoms with van der Waals surface area (Å²) in [6, 6.07) is 16.8. The molecule has 98 valence electrons. The third-order valence-corrected chi connectivity index (χ3v) is 2.95. The number of rotatable bonds is 4. The van der Waals surface area contributed by atoms with E-state index in [4.69, 9.17) is 15.3 Å². The van der Waals surface area contributed by atoms with E-state index in [-0.39, 0.29) is 5.56 Å². The maximum absolute atomic E-state index is 9.14. The summed E-state index contributed by atoms with van der Waals surface area (Å²) in [7, 11) is 0. The van der Waals surface area contributed by atoms with E-state index < -0.39 is 0 Å². The Balaban J connectivity index is 2.27. The maximum Gasteiger partial charge on any atom is 0.146 e. The molecule has 0 spiro atoms. The Bertz CT molecular complexity index is 676. The largest absolute Gasteiger partial charge is 0.456 e. The lowest BCUT2D eigenvalue weighted by Gasteiger charge is -2.08. The summed E-state index contributed by atoms with van der Waals surface area (Å²) in [5, 5.41) is 18.1. The summed E-state index contributed by atoms with van der Waals surface area (Å²) in [5.41, 5.74) is 1.85. The van der Waals surface area contributed by atoms with E-state index in [1.165, 1.54) is 5.56 Å². The van der Waals surface area contributed by atoms with Crippen LogP contribution in [0.3, 0.4) is 0 Å². The molecule has 0 unspecified atom stereocenters. The van der Waals surface area contributed by atoms with Crippen LogP contribution in [0.4, 0.5) is 0 Å². The molecule has 0 saturated carbocycles. The fourth-order valence-corrected chi connectivity index (χ4v) is 1.96. The highest BCUT2D eigenvalue weighted by Crippen LogP contribution is 2.27. The fraction of sp³-hybridized carbons (Fsp3) is 0.176. The molecular formula is C17H14N2O. The molecule has 3 nitrogen and oxygen atoms in total. The monoisotopic (exact) mass is 262 g/mol. The summed E-state index contributed by atoms with van der Waals surface area (Å²) in [6.45, 7) is 2.14. The smallest absolute Gasteiger partial charge is 0.146 e. The van der Waals surface area contributed by atoms with Crippen LogP contribution in [0.25, 0.3) is 0 Å². The Kier molecular flexibility index (Phi) is 4.37. The fourth-order valence-electron chi connectivity index (χ4n) is 1.96. The van der Waals surface area contributed by atoms with Gasteiger partial charge in [0.25, 0.3) is 0 Å². The molecule has 0 fully saturated rings. The van der Waals surface area contributed by atoms with Gasteiger partial charge in [0.05, 0.1) is 5.56 Å². The van der Waals surface area contributed by atoms with E-state index in [1.54, 1.807) is 18.2 Å². The third kappa shape index (κ3) is 2.96. The first-order valence-corrected chi connectivity index (χ1v) is 6.48. The first-order chi connectivity index (χ1) is 9.78. The van der Waals surface area contributed by atoms with E-state index in [0.717, 1.165) is 12.8 Å². The van der Waals surface area contributed by atoms with Gasteiger partial charge >= 0.3 is 0 Å². The molecule has 0 aliphatic carbocycles. The number of benzene rings is 2. The van der Waals surface area contributed by atoms with Gasteiger partial charge in [0, 0.05) is 0 Å². The van der Waals surface area contributed by atoms with Crippen LogP contribution in [-0.4, -0.2) is 0 Å². The molecule has 0 bridgehead atoms. The van der Waals surface area contributed by atoms with Gasteiger partial charge in [-0.3, -0.25) is 0 Å². The molecule has 20 heavy (non-hydrogen) atoms. The minimum Gasteiger partial charge on any atom is -0.456 e. The molecule has 2 rings (SSSR count). The molecule has 0 atom stereocenters. The van der Waals surface area contributed by atoms with Crippen LogP contribution in [0.15, 0.2) is 42.5 Å². The second-order valence-electron chi connectivity index (χ2n) is 4.40. The molecule has 0 aliphatic rings. The number of nitrogens with zero attached hydrogens (tertiary/aromatic N) is 2. The Labute approximate surface area is 118 Å². The molecule has 0 N–H and O–H groups in total. The highest BCUT2D eigenvalue weighted by atomic mass is 16.5.